The van der Waals surface area contributed by atoms with Gasteiger partial charge in [-0.1, -0.05) is 30.9 Å². The van der Waals surface area contributed by atoms with Gasteiger partial charge in [0.2, 0.25) is 5.91 Å². The van der Waals surface area contributed by atoms with Gasteiger partial charge in [-0.3, -0.25) is 4.79 Å². The van der Waals surface area contributed by atoms with Crippen LogP contribution in [0.5, 0.6) is 5.75 Å². The van der Waals surface area contributed by atoms with E-state index in [0.717, 1.165) is 25.7 Å². The summed E-state index contributed by atoms with van der Waals surface area (Å²) in [5, 5.41) is 3.04. The molecule has 1 fully saturated rings. The molecule has 0 heterocycles. The lowest BCUT2D eigenvalue weighted by atomic mass is 9.94. The van der Waals surface area contributed by atoms with Crippen molar-refractivity contribution in [1.82, 2.24) is 4.90 Å². The fourth-order valence-electron chi connectivity index (χ4n) is 2.78. The van der Waals surface area contributed by atoms with E-state index in [4.69, 9.17) is 11.6 Å². The number of hydrogen-bond acceptors (Lipinski definition) is 3. The number of likely N-dealkylation sites (N-methyl/N-ethyl adjacent to an activating group) is 1. The maximum atomic E-state index is 12.2. The van der Waals surface area contributed by atoms with Crippen molar-refractivity contribution in [3.63, 3.8) is 0 Å². The predicted molar refractivity (Wildman–Crippen MR) is 86.2 cm³/mol. The summed E-state index contributed by atoms with van der Waals surface area (Å²) in [6, 6.07) is 4.68. The van der Waals surface area contributed by atoms with E-state index in [9.17, 15) is 13.6 Å². The Kier molecular flexibility index (Phi) is 6.45. The molecule has 0 aromatic heterocycles. The van der Waals surface area contributed by atoms with Gasteiger partial charge in [0, 0.05) is 18.8 Å². The van der Waals surface area contributed by atoms with Crippen LogP contribution in [-0.2, 0) is 4.79 Å². The van der Waals surface area contributed by atoms with Crippen molar-refractivity contribution in [2.24, 2.45) is 0 Å². The van der Waals surface area contributed by atoms with Crippen LogP contribution >= 0.6 is 11.6 Å². The number of nitrogens with zero attached hydrogens (tertiary/aromatic N) is 1. The van der Waals surface area contributed by atoms with Crippen LogP contribution in [0.15, 0.2) is 18.2 Å². The zero-order chi connectivity index (χ0) is 16.8. The Labute approximate surface area is 139 Å². The highest BCUT2D eigenvalue weighted by Gasteiger charge is 2.21. The molecule has 0 radical (unpaired) electrons. The molecular formula is C16H21ClF2N2O2. The number of benzene rings is 1. The first-order chi connectivity index (χ1) is 11.0. The molecule has 7 heteroatoms. The Morgan fingerprint density at radius 3 is 2.70 bits per heavy atom. The summed E-state index contributed by atoms with van der Waals surface area (Å²) in [5.74, 6) is -0.0844. The summed E-state index contributed by atoms with van der Waals surface area (Å²) in [4.78, 5) is 14.0. The van der Waals surface area contributed by atoms with Gasteiger partial charge in [0.25, 0.3) is 0 Å². The minimum Gasteiger partial charge on any atom is -0.433 e. The highest BCUT2D eigenvalue weighted by atomic mass is 35.5. The third-order valence-corrected chi connectivity index (χ3v) is 4.40. The van der Waals surface area contributed by atoms with Crippen LogP contribution in [0, 0.1) is 0 Å². The van der Waals surface area contributed by atoms with Crippen molar-refractivity contribution in [3.05, 3.63) is 23.2 Å². The molecule has 1 aromatic rings. The summed E-state index contributed by atoms with van der Waals surface area (Å²) in [6.45, 7) is -2.78. The van der Waals surface area contributed by atoms with Crippen molar-refractivity contribution in [2.45, 2.75) is 44.8 Å². The fraction of sp³-hybridized carbons (Fsp3) is 0.562. The summed E-state index contributed by atoms with van der Waals surface area (Å²) in [6.07, 6.45) is 5.66. The van der Waals surface area contributed by atoms with Crippen LogP contribution in [0.25, 0.3) is 0 Å². The number of alkyl halides is 2. The Hall–Kier alpha value is -1.56. The summed E-state index contributed by atoms with van der Waals surface area (Å²) < 4.78 is 28.6. The summed E-state index contributed by atoms with van der Waals surface area (Å²) >= 11 is 5.88. The molecule has 0 atom stereocenters. The highest BCUT2D eigenvalue weighted by molar-refractivity contribution is 6.32. The van der Waals surface area contributed by atoms with Gasteiger partial charge in [-0.05, 0) is 31.0 Å². The summed E-state index contributed by atoms with van der Waals surface area (Å²) in [5.41, 5.74) is 0.585. The molecule has 0 aliphatic heterocycles. The molecule has 1 saturated carbocycles. The van der Waals surface area contributed by atoms with Gasteiger partial charge in [0.15, 0.2) is 0 Å². The van der Waals surface area contributed by atoms with E-state index in [1.54, 1.807) is 11.0 Å². The minimum absolute atomic E-state index is 0.000861. The molecule has 0 bridgehead atoms. The summed E-state index contributed by atoms with van der Waals surface area (Å²) in [7, 11) is 1.83. The van der Waals surface area contributed by atoms with Gasteiger partial charge < -0.3 is 15.0 Å². The van der Waals surface area contributed by atoms with Crippen LogP contribution in [0.4, 0.5) is 14.5 Å². The maximum absolute atomic E-state index is 12.2. The Morgan fingerprint density at radius 2 is 2.09 bits per heavy atom. The van der Waals surface area contributed by atoms with E-state index in [1.165, 1.54) is 18.6 Å². The molecule has 1 aromatic carbocycles. The second-order valence-corrected chi connectivity index (χ2v) is 6.08. The van der Waals surface area contributed by atoms with Crippen molar-refractivity contribution >= 4 is 23.2 Å². The van der Waals surface area contributed by atoms with Crippen LogP contribution in [-0.4, -0.2) is 37.1 Å². The first-order valence-corrected chi connectivity index (χ1v) is 8.09. The van der Waals surface area contributed by atoms with Gasteiger partial charge in [0.05, 0.1) is 11.6 Å². The van der Waals surface area contributed by atoms with Crippen molar-refractivity contribution < 1.29 is 18.3 Å². The fourth-order valence-corrected chi connectivity index (χ4v) is 3.00. The molecule has 0 saturated heterocycles. The van der Waals surface area contributed by atoms with E-state index >= 15 is 0 Å². The van der Waals surface area contributed by atoms with Gasteiger partial charge >= 0.3 is 6.61 Å². The average molecular weight is 347 g/mol. The van der Waals surface area contributed by atoms with E-state index in [1.807, 2.05) is 7.05 Å². The number of halogens is 3. The number of carbonyl (C=O) groups excluding carboxylic acids is 1. The lowest BCUT2D eigenvalue weighted by Gasteiger charge is -2.31. The molecular weight excluding hydrogens is 326 g/mol. The molecule has 128 valence electrons. The molecule has 0 spiro atoms. The first-order valence-electron chi connectivity index (χ1n) is 7.71. The second kappa shape index (κ2) is 8.34. The second-order valence-electron chi connectivity index (χ2n) is 5.67. The van der Waals surface area contributed by atoms with Crippen LogP contribution < -0.4 is 10.1 Å². The molecule has 4 nitrogen and oxygen atoms in total. The third kappa shape index (κ3) is 5.23. The monoisotopic (exact) mass is 346 g/mol. The molecule has 1 N–H and O–H groups in total. The Balaban J connectivity index is 1.87. The Bertz CT molecular complexity index is 537. The van der Waals surface area contributed by atoms with Gasteiger partial charge in [0.1, 0.15) is 5.75 Å². The quantitative estimate of drug-likeness (QED) is 0.841. The van der Waals surface area contributed by atoms with Crippen molar-refractivity contribution in [2.75, 3.05) is 18.9 Å². The number of ether oxygens (including phenoxy) is 1. The number of amides is 1. The largest absolute Gasteiger partial charge is 0.433 e. The Morgan fingerprint density at radius 1 is 1.39 bits per heavy atom. The normalized spacial score (nSPS) is 15.5. The minimum atomic E-state index is -2.92. The topological polar surface area (TPSA) is 41.6 Å². The van der Waals surface area contributed by atoms with Crippen molar-refractivity contribution in [3.8, 4) is 5.75 Å². The number of carbonyl (C=O) groups is 1. The van der Waals surface area contributed by atoms with Gasteiger partial charge in [-0.25, -0.2) is 0 Å². The van der Waals surface area contributed by atoms with Gasteiger partial charge in [-0.2, -0.15) is 8.78 Å². The first kappa shape index (κ1) is 17.8. The molecule has 1 aliphatic rings. The van der Waals surface area contributed by atoms with E-state index in [-0.39, 0.29) is 23.2 Å². The zero-order valence-corrected chi connectivity index (χ0v) is 13.8. The predicted octanol–water partition coefficient (Wildman–Crippen LogP) is 4.14. The lowest BCUT2D eigenvalue weighted by Crippen LogP contribution is -2.41. The van der Waals surface area contributed by atoms with E-state index < -0.39 is 6.61 Å². The number of nitrogens with one attached hydrogen (secondary N) is 1. The van der Waals surface area contributed by atoms with Gasteiger partial charge in [-0.15, -0.1) is 0 Å². The molecule has 23 heavy (non-hydrogen) atoms. The van der Waals surface area contributed by atoms with Crippen LogP contribution in [0.3, 0.4) is 0 Å². The smallest absolute Gasteiger partial charge is 0.387 e. The third-order valence-electron chi connectivity index (χ3n) is 4.11. The molecule has 1 aliphatic carbocycles. The van der Waals surface area contributed by atoms with E-state index in [2.05, 4.69) is 10.1 Å². The lowest BCUT2D eigenvalue weighted by molar-refractivity contribution is -0.130. The average Bonchev–Trinajstić information content (AvgIpc) is 2.54. The maximum Gasteiger partial charge on any atom is 0.387 e. The number of hydrogen-bond donors (Lipinski definition) is 1. The zero-order valence-electron chi connectivity index (χ0n) is 13.0. The van der Waals surface area contributed by atoms with Crippen LogP contribution in [0.1, 0.15) is 32.1 Å². The van der Waals surface area contributed by atoms with E-state index in [0.29, 0.717) is 11.7 Å². The molecule has 0 unspecified atom stereocenters. The standard InChI is InChI=1S/C16H21ClF2N2O2/c1-21(12-5-3-2-4-6-12)15(22)10-20-11-7-8-14(13(17)9-11)23-16(18)19/h7-9,12,16,20H,2-6,10H2,1H3. The van der Waals surface area contributed by atoms with Crippen LogP contribution in [0.2, 0.25) is 5.02 Å². The SMILES string of the molecule is CN(C(=O)CNc1ccc(OC(F)F)c(Cl)c1)C1CCCCC1. The van der Waals surface area contributed by atoms with Crippen molar-refractivity contribution in [1.29, 1.82) is 0 Å². The number of anilines is 1. The number of rotatable bonds is 6. The molecule has 1 amide bonds. The molecule has 2 rings (SSSR count). The highest BCUT2D eigenvalue weighted by Crippen LogP contribution is 2.29.